The van der Waals surface area contributed by atoms with Crippen LogP contribution in [0.15, 0.2) is 0 Å². The lowest BCUT2D eigenvalue weighted by atomic mass is 10.3. The van der Waals surface area contributed by atoms with E-state index in [4.69, 9.17) is 3.79 Å². The Morgan fingerprint density at radius 1 is 1.30 bits per heavy atom. The Hall–Kier alpha value is 0.972. The zero-order valence-electron chi connectivity index (χ0n) is 7.23. The molecule has 0 heterocycles. The lowest BCUT2D eigenvalue weighted by Gasteiger charge is -2.12. The average molecular weight is 223 g/mol. The molecule has 1 nitrogen and oxygen atoms in total. The van der Waals surface area contributed by atoms with Gasteiger partial charge in [-0.15, -0.1) is 0 Å². The molecule has 0 aromatic carbocycles. The summed E-state index contributed by atoms with van der Waals surface area (Å²) < 4.78 is 5.62. The van der Waals surface area contributed by atoms with Gasteiger partial charge in [-0.3, -0.25) is 0 Å². The van der Waals surface area contributed by atoms with Crippen LogP contribution in [-0.2, 0) is 3.79 Å². The molecule has 0 fully saturated rings. The monoisotopic (exact) mass is 222 g/mol. The standard InChI is InChI=1S/C4H9.C3H7O.Al.BrH/c1-4(2)3;1-3(2)4;;/h4H,1H2,2-3H3;3H,1-2H3;;1H/q;-1;+2;/p-1. The van der Waals surface area contributed by atoms with Crippen molar-refractivity contribution in [2.24, 2.45) is 5.92 Å². The second kappa shape index (κ2) is 5.60. The van der Waals surface area contributed by atoms with Crippen LogP contribution in [0.5, 0.6) is 0 Å². The molecular weight excluding hydrogens is 207 g/mol. The summed E-state index contributed by atoms with van der Waals surface area (Å²) in [5.74, 6) is 0.759. The Balaban J connectivity index is 3.34. The fourth-order valence-electron chi connectivity index (χ4n) is 0.721. The molecule has 0 saturated heterocycles. The van der Waals surface area contributed by atoms with E-state index in [-0.39, 0.29) is 0 Å². The van der Waals surface area contributed by atoms with E-state index in [0.29, 0.717) is 6.10 Å². The van der Waals surface area contributed by atoms with Crippen LogP contribution in [0.25, 0.3) is 0 Å². The lowest BCUT2D eigenvalue weighted by Crippen LogP contribution is -2.17. The number of hydrogen-bond donors (Lipinski definition) is 0. The van der Waals surface area contributed by atoms with E-state index in [1.54, 1.807) is 0 Å². The van der Waals surface area contributed by atoms with Crippen LogP contribution in [0.3, 0.4) is 0 Å². The van der Waals surface area contributed by atoms with Crippen molar-refractivity contribution >= 4 is 26.7 Å². The van der Waals surface area contributed by atoms with E-state index in [9.17, 15) is 0 Å². The predicted octanol–water partition coefficient (Wildman–Crippen LogP) is 2.95. The molecule has 10 heavy (non-hydrogen) atoms. The molecule has 3 heteroatoms. The predicted molar refractivity (Wildman–Crippen MR) is 50.5 cm³/mol. The van der Waals surface area contributed by atoms with Gasteiger partial charge in [-0.2, -0.15) is 14.1 Å². The van der Waals surface area contributed by atoms with Gasteiger partial charge in [0.15, 0.2) is 0 Å². The number of hydrogen-bond acceptors (Lipinski definition) is 1. The highest BCUT2D eigenvalue weighted by molar-refractivity contribution is 9.24. The minimum Gasteiger partial charge on any atom is -0.490 e. The first kappa shape index (κ1) is 11.0. The van der Waals surface area contributed by atoms with E-state index >= 15 is 0 Å². The SMILES string of the molecule is CC(C)[CH2][Al]([Br])[O]C(C)C. The van der Waals surface area contributed by atoms with Gasteiger partial charge in [-0.05, 0) is 13.8 Å². The molecule has 0 aromatic heterocycles. The molecule has 0 aliphatic rings. The summed E-state index contributed by atoms with van der Waals surface area (Å²) in [6.45, 7) is 8.62. The van der Waals surface area contributed by atoms with Crippen molar-refractivity contribution in [3.05, 3.63) is 0 Å². The molecule has 0 atom stereocenters. The van der Waals surface area contributed by atoms with Gasteiger partial charge in [-0.1, -0.05) is 25.0 Å². The van der Waals surface area contributed by atoms with E-state index < -0.39 is 12.7 Å². The number of halogens is 1. The highest BCUT2D eigenvalue weighted by Crippen LogP contribution is 2.12. The smallest absolute Gasteiger partial charge is 0.490 e. The van der Waals surface area contributed by atoms with Gasteiger partial charge in [-0.25, -0.2) is 0 Å². The maximum Gasteiger partial charge on any atom is 0.557 e. The topological polar surface area (TPSA) is 9.23 Å². The van der Waals surface area contributed by atoms with Gasteiger partial charge >= 0.3 is 12.7 Å². The van der Waals surface area contributed by atoms with Crippen LogP contribution >= 0.6 is 14.1 Å². The maximum atomic E-state index is 5.62. The minimum atomic E-state index is -1.01. The molecule has 60 valence electrons. The van der Waals surface area contributed by atoms with Crippen molar-refractivity contribution in [3.63, 3.8) is 0 Å². The van der Waals surface area contributed by atoms with Gasteiger partial charge in [0.1, 0.15) is 0 Å². The quantitative estimate of drug-likeness (QED) is 0.665. The fraction of sp³-hybridized carbons (Fsp3) is 1.00. The van der Waals surface area contributed by atoms with E-state index in [1.165, 1.54) is 5.28 Å². The molecule has 0 amide bonds. The highest BCUT2D eigenvalue weighted by Gasteiger charge is 2.19. The van der Waals surface area contributed by atoms with Crippen molar-refractivity contribution in [1.82, 2.24) is 0 Å². The summed E-state index contributed by atoms with van der Waals surface area (Å²) in [6.07, 6.45) is 0.384. The molecule has 0 N–H and O–H groups in total. The van der Waals surface area contributed by atoms with Crippen molar-refractivity contribution in [2.75, 3.05) is 0 Å². The van der Waals surface area contributed by atoms with Gasteiger partial charge in [0, 0.05) is 6.10 Å². The molecule has 0 radical (unpaired) electrons. The second-order valence-corrected chi connectivity index (χ2v) is 7.85. The van der Waals surface area contributed by atoms with Crippen molar-refractivity contribution < 1.29 is 3.79 Å². The van der Waals surface area contributed by atoms with Gasteiger partial charge in [0.05, 0.1) is 0 Å². The van der Waals surface area contributed by atoms with E-state index in [0.717, 1.165) is 5.92 Å². The minimum absolute atomic E-state index is 0.384. The van der Waals surface area contributed by atoms with Crippen LogP contribution in [0.4, 0.5) is 0 Å². The average Bonchev–Trinajstić information content (AvgIpc) is 1.58. The summed E-state index contributed by atoms with van der Waals surface area (Å²) in [5.41, 5.74) is 0. The van der Waals surface area contributed by atoms with Crippen molar-refractivity contribution in [2.45, 2.75) is 39.1 Å². The van der Waals surface area contributed by atoms with Crippen molar-refractivity contribution in [3.8, 4) is 0 Å². The Kier molecular flexibility index (Phi) is 6.15. The zero-order chi connectivity index (χ0) is 8.15. The van der Waals surface area contributed by atoms with Crippen LogP contribution in [-0.4, -0.2) is 18.8 Å². The maximum absolute atomic E-state index is 5.62. The van der Waals surface area contributed by atoms with Crippen LogP contribution < -0.4 is 0 Å². The molecular formula is C7H16AlBrO. The molecule has 0 spiro atoms. The Labute approximate surface area is 75.5 Å². The Morgan fingerprint density at radius 2 is 1.80 bits per heavy atom. The third kappa shape index (κ3) is 7.08. The molecule has 0 aromatic rings. The molecule has 0 bridgehead atoms. The second-order valence-electron chi connectivity index (χ2n) is 3.22. The van der Waals surface area contributed by atoms with Gasteiger partial charge in [0.25, 0.3) is 0 Å². The van der Waals surface area contributed by atoms with Crippen LogP contribution in [0, 0.1) is 5.92 Å². The largest absolute Gasteiger partial charge is 0.557 e. The first-order chi connectivity index (χ1) is 4.52. The van der Waals surface area contributed by atoms with E-state index in [1.807, 2.05) is 0 Å². The summed E-state index contributed by atoms with van der Waals surface area (Å²) >= 11 is 2.59. The summed E-state index contributed by atoms with van der Waals surface area (Å²) in [5, 5.41) is 1.22. The fourth-order valence-corrected chi connectivity index (χ4v) is 5.70. The van der Waals surface area contributed by atoms with Gasteiger partial charge < -0.3 is 3.79 Å². The third-order valence-corrected chi connectivity index (χ3v) is 5.00. The number of rotatable bonds is 4. The molecule has 0 unspecified atom stereocenters. The highest BCUT2D eigenvalue weighted by atomic mass is 79.9. The summed E-state index contributed by atoms with van der Waals surface area (Å²) in [6, 6.07) is 0. The third-order valence-electron chi connectivity index (χ3n) is 1.08. The Morgan fingerprint density at radius 3 is 2.10 bits per heavy atom. The van der Waals surface area contributed by atoms with E-state index in [2.05, 4.69) is 41.7 Å². The normalized spacial score (nSPS) is 11.1. The van der Waals surface area contributed by atoms with Crippen LogP contribution in [0.1, 0.15) is 27.7 Å². The Bertz CT molecular complexity index is 75.7. The summed E-state index contributed by atoms with van der Waals surface area (Å²) in [4.78, 5) is 0. The molecule has 0 aliphatic heterocycles. The molecule has 0 rings (SSSR count). The van der Waals surface area contributed by atoms with Crippen molar-refractivity contribution in [1.29, 1.82) is 0 Å². The molecule has 0 aliphatic carbocycles. The summed E-state index contributed by atoms with van der Waals surface area (Å²) in [7, 11) is 0. The molecule has 0 saturated carbocycles. The zero-order valence-corrected chi connectivity index (χ0v) is 9.97. The van der Waals surface area contributed by atoms with Gasteiger partial charge in [0.2, 0.25) is 0 Å². The lowest BCUT2D eigenvalue weighted by molar-refractivity contribution is 0.250. The van der Waals surface area contributed by atoms with Crippen LogP contribution in [0.2, 0.25) is 5.28 Å². The first-order valence-electron chi connectivity index (χ1n) is 3.82. The first-order valence-corrected chi connectivity index (χ1v) is 8.29.